The number of likely N-dealkylation sites (N-methyl/N-ethyl adjacent to an activating group) is 1. The van der Waals surface area contributed by atoms with Gasteiger partial charge < -0.3 is 14.7 Å². The maximum absolute atomic E-state index is 11.8. The first kappa shape index (κ1) is 14.3. The summed E-state index contributed by atoms with van der Waals surface area (Å²) in [5, 5.41) is 8.75. The van der Waals surface area contributed by atoms with E-state index in [-0.39, 0.29) is 12.5 Å². The van der Waals surface area contributed by atoms with E-state index in [1.807, 2.05) is 18.2 Å². The Morgan fingerprint density at radius 3 is 2.95 bits per heavy atom. The Morgan fingerprint density at radius 2 is 2.25 bits per heavy atom. The zero-order valence-corrected chi connectivity index (χ0v) is 11.6. The largest absolute Gasteiger partial charge is 0.491 e. The topological polar surface area (TPSA) is 70.1 Å². The molecule has 1 amide bonds. The summed E-state index contributed by atoms with van der Waals surface area (Å²) in [6.45, 7) is 0.860. The van der Waals surface area contributed by atoms with E-state index in [1.165, 1.54) is 0 Å². The molecule has 1 aromatic carbocycles. The maximum atomic E-state index is 11.8. The SMILES string of the molecule is CN(CC(=O)O)Cc1ccc2c(c1)N(C)C(=O)CCO2. The van der Waals surface area contributed by atoms with Gasteiger partial charge in [-0.1, -0.05) is 6.07 Å². The van der Waals surface area contributed by atoms with E-state index in [2.05, 4.69) is 0 Å². The number of benzene rings is 1. The summed E-state index contributed by atoms with van der Waals surface area (Å²) in [5.41, 5.74) is 1.67. The van der Waals surface area contributed by atoms with Crippen LogP contribution >= 0.6 is 0 Å². The molecule has 108 valence electrons. The Hall–Kier alpha value is -2.08. The molecule has 1 heterocycles. The highest BCUT2D eigenvalue weighted by atomic mass is 16.5. The second-order valence-corrected chi connectivity index (χ2v) is 4.92. The molecule has 0 aromatic heterocycles. The number of anilines is 1. The number of ether oxygens (including phenoxy) is 1. The number of carbonyl (C=O) groups excluding carboxylic acids is 1. The molecule has 0 atom stereocenters. The van der Waals surface area contributed by atoms with E-state index >= 15 is 0 Å². The number of carboxylic acids is 1. The zero-order chi connectivity index (χ0) is 14.7. The van der Waals surface area contributed by atoms with E-state index in [9.17, 15) is 9.59 Å². The van der Waals surface area contributed by atoms with Crippen LogP contribution in [0.15, 0.2) is 18.2 Å². The molecule has 0 bridgehead atoms. The van der Waals surface area contributed by atoms with Gasteiger partial charge in [0.2, 0.25) is 5.91 Å². The third kappa shape index (κ3) is 3.27. The predicted octanol–water partition coefficient (Wildman–Crippen LogP) is 0.948. The number of aliphatic carboxylic acids is 1. The Morgan fingerprint density at radius 1 is 1.50 bits per heavy atom. The molecule has 6 heteroatoms. The minimum Gasteiger partial charge on any atom is -0.491 e. The fourth-order valence-electron chi connectivity index (χ4n) is 2.19. The average Bonchev–Trinajstić information content (AvgIpc) is 2.50. The molecule has 0 saturated heterocycles. The fraction of sp³-hybridized carbons (Fsp3) is 0.429. The third-order valence-corrected chi connectivity index (χ3v) is 3.19. The molecule has 1 aliphatic heterocycles. The normalized spacial score (nSPS) is 14.8. The van der Waals surface area contributed by atoms with Crippen molar-refractivity contribution in [3.8, 4) is 5.75 Å². The second kappa shape index (κ2) is 5.92. The van der Waals surface area contributed by atoms with Crippen molar-refractivity contribution in [2.24, 2.45) is 0 Å². The predicted molar refractivity (Wildman–Crippen MR) is 73.9 cm³/mol. The van der Waals surface area contributed by atoms with Gasteiger partial charge in [0, 0.05) is 13.6 Å². The van der Waals surface area contributed by atoms with Crippen molar-refractivity contribution in [1.29, 1.82) is 0 Å². The van der Waals surface area contributed by atoms with Crippen LogP contribution < -0.4 is 9.64 Å². The van der Waals surface area contributed by atoms with Crippen LogP contribution in [0.25, 0.3) is 0 Å². The molecule has 2 rings (SSSR count). The first-order chi connectivity index (χ1) is 9.47. The number of rotatable bonds is 4. The van der Waals surface area contributed by atoms with Crippen molar-refractivity contribution in [3.05, 3.63) is 23.8 Å². The lowest BCUT2D eigenvalue weighted by Gasteiger charge is -2.19. The summed E-state index contributed by atoms with van der Waals surface area (Å²) in [7, 11) is 3.46. The molecule has 20 heavy (non-hydrogen) atoms. The summed E-state index contributed by atoms with van der Waals surface area (Å²) >= 11 is 0. The van der Waals surface area contributed by atoms with Crippen LogP contribution in [0.2, 0.25) is 0 Å². The number of fused-ring (bicyclic) bond motifs is 1. The van der Waals surface area contributed by atoms with Gasteiger partial charge in [-0.3, -0.25) is 14.5 Å². The van der Waals surface area contributed by atoms with Gasteiger partial charge in [0.1, 0.15) is 5.75 Å². The number of amides is 1. The van der Waals surface area contributed by atoms with Crippen LogP contribution in [0.3, 0.4) is 0 Å². The second-order valence-electron chi connectivity index (χ2n) is 4.92. The molecule has 0 fully saturated rings. The lowest BCUT2D eigenvalue weighted by molar-refractivity contribution is -0.138. The molecule has 6 nitrogen and oxygen atoms in total. The maximum Gasteiger partial charge on any atom is 0.317 e. The minimum absolute atomic E-state index is 0.0137. The Balaban J connectivity index is 2.19. The summed E-state index contributed by atoms with van der Waals surface area (Å²) in [6.07, 6.45) is 0.361. The first-order valence-electron chi connectivity index (χ1n) is 6.40. The van der Waals surface area contributed by atoms with Gasteiger partial charge in [-0.05, 0) is 24.7 Å². The van der Waals surface area contributed by atoms with E-state index < -0.39 is 5.97 Å². The lowest BCUT2D eigenvalue weighted by atomic mass is 10.1. The molecular formula is C14H18N2O4. The van der Waals surface area contributed by atoms with Gasteiger partial charge in [0.15, 0.2) is 0 Å². The van der Waals surface area contributed by atoms with Crippen molar-refractivity contribution >= 4 is 17.6 Å². The first-order valence-corrected chi connectivity index (χ1v) is 6.40. The molecule has 1 aliphatic rings. The average molecular weight is 278 g/mol. The summed E-state index contributed by atoms with van der Waals surface area (Å²) < 4.78 is 5.54. The van der Waals surface area contributed by atoms with Gasteiger partial charge in [-0.2, -0.15) is 0 Å². The summed E-state index contributed by atoms with van der Waals surface area (Å²) in [4.78, 5) is 25.8. The highest BCUT2D eigenvalue weighted by molar-refractivity contribution is 5.95. The molecule has 0 spiro atoms. The third-order valence-electron chi connectivity index (χ3n) is 3.19. The molecule has 0 radical (unpaired) electrons. The van der Waals surface area contributed by atoms with Crippen molar-refractivity contribution in [3.63, 3.8) is 0 Å². The van der Waals surface area contributed by atoms with Gasteiger partial charge in [0.05, 0.1) is 25.3 Å². The van der Waals surface area contributed by atoms with Crippen LogP contribution in [-0.4, -0.2) is 49.1 Å². The van der Waals surface area contributed by atoms with E-state index in [0.717, 1.165) is 11.3 Å². The van der Waals surface area contributed by atoms with E-state index in [4.69, 9.17) is 9.84 Å². The molecule has 0 aliphatic carbocycles. The standard InChI is InChI=1S/C14H18N2O4/c1-15(9-14(18)19)8-10-3-4-12-11(7-10)16(2)13(17)5-6-20-12/h3-4,7H,5-6,8-9H2,1-2H3,(H,18,19). The molecule has 1 N–H and O–H groups in total. The van der Waals surface area contributed by atoms with Crippen LogP contribution in [0, 0.1) is 0 Å². The molecule has 1 aromatic rings. The number of carboxylic acid groups (broad SMARTS) is 1. The highest BCUT2D eigenvalue weighted by Gasteiger charge is 2.20. The van der Waals surface area contributed by atoms with Gasteiger partial charge in [-0.25, -0.2) is 0 Å². The van der Waals surface area contributed by atoms with Crippen LogP contribution in [0.1, 0.15) is 12.0 Å². The highest BCUT2D eigenvalue weighted by Crippen LogP contribution is 2.31. The number of nitrogens with zero attached hydrogens (tertiary/aromatic N) is 2. The zero-order valence-electron chi connectivity index (χ0n) is 11.6. The monoisotopic (exact) mass is 278 g/mol. The molecular weight excluding hydrogens is 260 g/mol. The smallest absolute Gasteiger partial charge is 0.317 e. The summed E-state index contributed by atoms with van der Waals surface area (Å²) in [5.74, 6) is -0.166. The molecule has 0 unspecified atom stereocenters. The number of carbonyl (C=O) groups is 2. The van der Waals surface area contributed by atoms with Crippen molar-refractivity contribution in [2.75, 3.05) is 32.1 Å². The Bertz CT molecular complexity index is 530. The van der Waals surface area contributed by atoms with Crippen molar-refractivity contribution in [2.45, 2.75) is 13.0 Å². The Labute approximate surface area is 117 Å². The van der Waals surface area contributed by atoms with Gasteiger partial charge in [-0.15, -0.1) is 0 Å². The lowest BCUT2D eigenvalue weighted by Crippen LogP contribution is -2.26. The quantitative estimate of drug-likeness (QED) is 0.888. The van der Waals surface area contributed by atoms with Crippen molar-refractivity contribution < 1.29 is 19.4 Å². The summed E-state index contributed by atoms with van der Waals surface area (Å²) in [6, 6.07) is 5.59. The Kier molecular flexibility index (Phi) is 4.24. The number of hydrogen-bond donors (Lipinski definition) is 1. The fourth-order valence-corrected chi connectivity index (χ4v) is 2.19. The van der Waals surface area contributed by atoms with Crippen LogP contribution in [0.4, 0.5) is 5.69 Å². The number of hydrogen-bond acceptors (Lipinski definition) is 4. The van der Waals surface area contributed by atoms with Crippen LogP contribution in [0.5, 0.6) is 5.75 Å². The van der Waals surface area contributed by atoms with Crippen LogP contribution in [-0.2, 0) is 16.1 Å². The minimum atomic E-state index is -0.863. The van der Waals surface area contributed by atoms with E-state index in [1.54, 1.807) is 23.9 Å². The van der Waals surface area contributed by atoms with Crippen molar-refractivity contribution in [1.82, 2.24) is 4.90 Å². The molecule has 0 saturated carbocycles. The van der Waals surface area contributed by atoms with Gasteiger partial charge in [0.25, 0.3) is 0 Å². The van der Waals surface area contributed by atoms with E-state index in [0.29, 0.717) is 25.3 Å². The van der Waals surface area contributed by atoms with Gasteiger partial charge >= 0.3 is 5.97 Å².